The van der Waals surface area contributed by atoms with Crippen LogP contribution in [0, 0.1) is 11.3 Å². The van der Waals surface area contributed by atoms with Crippen molar-refractivity contribution in [3.05, 3.63) is 16.1 Å². The second-order valence-electron chi connectivity index (χ2n) is 7.75. The summed E-state index contributed by atoms with van der Waals surface area (Å²) in [5.41, 5.74) is 0.363. The first-order valence-corrected chi connectivity index (χ1v) is 10.8. The Morgan fingerprint density at radius 3 is 2.70 bits per heavy atom. The summed E-state index contributed by atoms with van der Waals surface area (Å²) < 4.78 is 5.61. The predicted octanol–water partition coefficient (Wildman–Crippen LogP) is 4.61. The molecule has 1 saturated carbocycles. The van der Waals surface area contributed by atoms with Gasteiger partial charge in [0.25, 0.3) is 0 Å². The summed E-state index contributed by atoms with van der Waals surface area (Å²) in [4.78, 5) is 10.2. The molecule has 0 bridgehead atoms. The molecule has 1 heterocycles. The van der Waals surface area contributed by atoms with Gasteiger partial charge in [-0.1, -0.05) is 26.7 Å². The molecule has 0 unspecified atom stereocenters. The number of aliphatic imine (C=N–C) groups is 1. The zero-order valence-corrected chi connectivity index (χ0v) is 20.5. The lowest BCUT2D eigenvalue weighted by molar-refractivity contribution is 0.105. The molecule has 0 radical (unpaired) electrons. The Morgan fingerprint density at radius 2 is 2.07 bits per heavy atom. The van der Waals surface area contributed by atoms with E-state index in [4.69, 9.17) is 4.74 Å². The summed E-state index contributed by atoms with van der Waals surface area (Å²) in [7, 11) is 1.84. The van der Waals surface area contributed by atoms with E-state index in [1.165, 1.54) is 35.6 Å². The maximum atomic E-state index is 5.61. The Hall–Kier alpha value is -0.410. The molecule has 1 aromatic heterocycles. The summed E-state index contributed by atoms with van der Waals surface area (Å²) in [5, 5.41) is 8.22. The standard InChI is InChI=1S/C20H36N4OS.HI/c1-5-25-11-10-20(8-6-7-9-20)15-24-19(21-4)23-14-17-13-22-18(26-17)12-16(2)3;/h13,16H,5-12,14-15H2,1-4H3,(H2,21,23,24);1H. The molecule has 7 heteroatoms. The van der Waals surface area contributed by atoms with Crippen LogP contribution < -0.4 is 10.6 Å². The third-order valence-corrected chi connectivity index (χ3v) is 6.13. The quantitative estimate of drug-likeness (QED) is 0.210. The molecule has 0 spiro atoms. The van der Waals surface area contributed by atoms with Gasteiger partial charge in [0, 0.05) is 44.3 Å². The van der Waals surface area contributed by atoms with Crippen molar-refractivity contribution >= 4 is 41.3 Å². The third-order valence-electron chi connectivity index (χ3n) is 5.11. The van der Waals surface area contributed by atoms with Crippen LogP contribution in [0.2, 0.25) is 0 Å². The minimum absolute atomic E-state index is 0. The highest BCUT2D eigenvalue weighted by atomic mass is 127. The van der Waals surface area contributed by atoms with E-state index in [1.54, 1.807) is 11.3 Å². The fraction of sp³-hybridized carbons (Fsp3) is 0.800. The lowest BCUT2D eigenvalue weighted by atomic mass is 9.83. The average Bonchev–Trinajstić information content (AvgIpc) is 3.25. The highest BCUT2D eigenvalue weighted by molar-refractivity contribution is 14.0. The molecule has 1 aliphatic carbocycles. The third kappa shape index (κ3) is 8.64. The van der Waals surface area contributed by atoms with Gasteiger partial charge in [-0.15, -0.1) is 35.3 Å². The second kappa shape index (κ2) is 12.9. The van der Waals surface area contributed by atoms with Crippen LogP contribution in [0.25, 0.3) is 0 Å². The van der Waals surface area contributed by atoms with Crippen molar-refractivity contribution in [2.24, 2.45) is 16.3 Å². The van der Waals surface area contributed by atoms with E-state index in [2.05, 4.69) is 41.4 Å². The van der Waals surface area contributed by atoms with E-state index in [1.807, 2.05) is 13.2 Å². The topological polar surface area (TPSA) is 58.5 Å². The van der Waals surface area contributed by atoms with Crippen molar-refractivity contribution in [3.8, 4) is 0 Å². The summed E-state index contributed by atoms with van der Waals surface area (Å²) in [5.74, 6) is 1.53. The van der Waals surface area contributed by atoms with Crippen LogP contribution in [-0.4, -0.2) is 37.7 Å². The number of guanidine groups is 1. The van der Waals surface area contributed by atoms with Gasteiger partial charge in [0.15, 0.2) is 5.96 Å². The Labute approximate surface area is 186 Å². The molecule has 0 aliphatic heterocycles. The molecular formula is C20H37IN4OS. The fourth-order valence-corrected chi connectivity index (χ4v) is 4.68. The monoisotopic (exact) mass is 508 g/mol. The fourth-order valence-electron chi connectivity index (χ4n) is 3.61. The van der Waals surface area contributed by atoms with Crippen molar-refractivity contribution in [2.45, 2.75) is 65.8 Å². The predicted molar refractivity (Wildman–Crippen MR) is 126 cm³/mol. The number of nitrogens with one attached hydrogen (secondary N) is 2. The second-order valence-corrected chi connectivity index (χ2v) is 8.95. The van der Waals surface area contributed by atoms with Gasteiger partial charge in [0.2, 0.25) is 0 Å². The van der Waals surface area contributed by atoms with E-state index >= 15 is 0 Å². The van der Waals surface area contributed by atoms with Gasteiger partial charge in [0.1, 0.15) is 0 Å². The van der Waals surface area contributed by atoms with Crippen LogP contribution in [0.3, 0.4) is 0 Å². The zero-order valence-electron chi connectivity index (χ0n) is 17.3. The van der Waals surface area contributed by atoms with Crippen LogP contribution in [0.15, 0.2) is 11.2 Å². The zero-order chi connectivity index (χ0) is 18.8. The molecule has 2 rings (SSSR count). The molecule has 1 fully saturated rings. The summed E-state index contributed by atoms with van der Waals surface area (Å²) in [6.45, 7) is 9.95. The van der Waals surface area contributed by atoms with Crippen LogP contribution in [0.4, 0.5) is 0 Å². The van der Waals surface area contributed by atoms with E-state index in [9.17, 15) is 0 Å². The van der Waals surface area contributed by atoms with Crippen LogP contribution in [0.1, 0.15) is 62.8 Å². The van der Waals surface area contributed by atoms with Crippen molar-refractivity contribution in [1.29, 1.82) is 0 Å². The first kappa shape index (κ1) is 24.6. The minimum atomic E-state index is 0. The van der Waals surface area contributed by atoms with Crippen LogP contribution >= 0.6 is 35.3 Å². The summed E-state index contributed by atoms with van der Waals surface area (Å²) >= 11 is 1.80. The maximum absolute atomic E-state index is 5.61. The number of thiazole rings is 1. The van der Waals surface area contributed by atoms with Crippen molar-refractivity contribution in [1.82, 2.24) is 15.6 Å². The normalized spacial score (nSPS) is 16.4. The van der Waals surface area contributed by atoms with Gasteiger partial charge < -0.3 is 15.4 Å². The van der Waals surface area contributed by atoms with Gasteiger partial charge in [-0.2, -0.15) is 0 Å². The number of aromatic nitrogens is 1. The lowest BCUT2D eigenvalue weighted by Gasteiger charge is -2.30. The highest BCUT2D eigenvalue weighted by Crippen LogP contribution is 2.40. The van der Waals surface area contributed by atoms with Crippen molar-refractivity contribution in [2.75, 3.05) is 26.8 Å². The van der Waals surface area contributed by atoms with E-state index in [0.29, 0.717) is 11.3 Å². The van der Waals surface area contributed by atoms with Crippen molar-refractivity contribution < 1.29 is 4.74 Å². The number of halogens is 1. The molecule has 0 aromatic carbocycles. The lowest BCUT2D eigenvalue weighted by Crippen LogP contribution is -2.43. The molecule has 1 aromatic rings. The Kier molecular flexibility index (Phi) is 11.8. The van der Waals surface area contributed by atoms with E-state index < -0.39 is 0 Å². The molecular weight excluding hydrogens is 471 g/mol. The van der Waals surface area contributed by atoms with Gasteiger partial charge in [-0.05, 0) is 37.5 Å². The molecule has 0 atom stereocenters. The number of nitrogens with zero attached hydrogens (tertiary/aromatic N) is 2. The van der Waals surface area contributed by atoms with Crippen LogP contribution in [-0.2, 0) is 17.7 Å². The van der Waals surface area contributed by atoms with Gasteiger partial charge in [0.05, 0.1) is 11.6 Å². The van der Waals surface area contributed by atoms with Gasteiger partial charge in [-0.25, -0.2) is 4.98 Å². The molecule has 27 heavy (non-hydrogen) atoms. The van der Waals surface area contributed by atoms with Crippen LogP contribution in [0.5, 0.6) is 0 Å². The molecule has 2 N–H and O–H groups in total. The Bertz CT molecular complexity index is 556. The first-order valence-electron chi connectivity index (χ1n) is 10.0. The van der Waals surface area contributed by atoms with Gasteiger partial charge >= 0.3 is 0 Å². The van der Waals surface area contributed by atoms with Crippen molar-refractivity contribution in [3.63, 3.8) is 0 Å². The summed E-state index contributed by atoms with van der Waals surface area (Å²) in [6.07, 6.45) is 9.43. The smallest absolute Gasteiger partial charge is 0.191 e. The average molecular weight is 509 g/mol. The first-order chi connectivity index (χ1) is 12.6. The largest absolute Gasteiger partial charge is 0.382 e. The number of hydrogen-bond donors (Lipinski definition) is 2. The highest BCUT2D eigenvalue weighted by Gasteiger charge is 2.33. The molecule has 0 saturated heterocycles. The molecule has 1 aliphatic rings. The number of hydrogen-bond acceptors (Lipinski definition) is 4. The number of ether oxygens (including phenoxy) is 1. The Morgan fingerprint density at radius 1 is 1.33 bits per heavy atom. The molecule has 156 valence electrons. The summed E-state index contributed by atoms with van der Waals surface area (Å²) in [6, 6.07) is 0. The van der Waals surface area contributed by atoms with E-state index in [0.717, 1.165) is 45.1 Å². The molecule has 0 amide bonds. The van der Waals surface area contributed by atoms with E-state index in [-0.39, 0.29) is 24.0 Å². The van der Waals surface area contributed by atoms with Gasteiger partial charge in [-0.3, -0.25) is 4.99 Å². The number of rotatable bonds is 10. The SMILES string of the molecule is CCOCCC1(CNC(=NC)NCc2cnc(CC(C)C)s2)CCCC1.I. The maximum Gasteiger partial charge on any atom is 0.191 e. The minimum Gasteiger partial charge on any atom is -0.382 e. The molecule has 5 nitrogen and oxygen atoms in total. The Balaban J connectivity index is 0.00000364.